The van der Waals surface area contributed by atoms with Gasteiger partial charge in [-0.1, -0.05) is 60.7 Å². The fourth-order valence-electron chi connectivity index (χ4n) is 2.33. The second-order valence-electron chi connectivity index (χ2n) is 6.12. The Bertz CT molecular complexity index is 503. The molecular weight excluding hydrogens is 258 g/mol. The normalized spacial score (nSPS) is 12.4. The maximum Gasteiger partial charge on any atom is 0.206 e. The molecule has 0 bridgehead atoms. The maximum atomic E-state index is 6.28. The lowest BCUT2D eigenvalue weighted by molar-refractivity contribution is -0.846. The van der Waals surface area contributed by atoms with Gasteiger partial charge < -0.3 is 9.22 Å². The Labute approximate surface area is 128 Å². The summed E-state index contributed by atoms with van der Waals surface area (Å²) in [6.07, 6.45) is 0. The molecule has 0 aliphatic carbocycles. The van der Waals surface area contributed by atoms with Gasteiger partial charge in [0.25, 0.3) is 0 Å². The molecule has 2 heteroatoms. The molecule has 0 saturated carbocycles. The molecule has 2 aromatic rings. The molecule has 2 radical (unpaired) electrons. The number of hydrogen-bond acceptors (Lipinski definition) is 1. The van der Waals surface area contributed by atoms with E-state index in [1.165, 1.54) is 0 Å². The molecule has 0 fully saturated rings. The van der Waals surface area contributed by atoms with E-state index in [1.54, 1.807) is 0 Å². The van der Waals surface area contributed by atoms with Gasteiger partial charge >= 0.3 is 0 Å². The van der Waals surface area contributed by atoms with Crippen LogP contribution in [-0.4, -0.2) is 31.7 Å². The lowest BCUT2D eigenvalue weighted by Gasteiger charge is -2.32. The molecule has 0 N–H and O–H groups in total. The van der Waals surface area contributed by atoms with Gasteiger partial charge in [-0.3, -0.25) is 0 Å². The predicted octanol–water partition coefficient (Wildman–Crippen LogP) is 3.71. The molecule has 2 rings (SSSR count). The minimum absolute atomic E-state index is 0.402. The van der Waals surface area contributed by atoms with Crippen molar-refractivity contribution in [2.45, 2.75) is 12.5 Å². The Morgan fingerprint density at radius 3 is 1.71 bits per heavy atom. The van der Waals surface area contributed by atoms with E-state index in [2.05, 4.69) is 31.2 Å². The highest BCUT2D eigenvalue weighted by Crippen LogP contribution is 2.33. The number of benzene rings is 2. The van der Waals surface area contributed by atoms with Crippen molar-refractivity contribution in [3.05, 3.63) is 78.8 Å². The zero-order valence-electron chi connectivity index (χ0n) is 13.1. The van der Waals surface area contributed by atoms with Gasteiger partial charge in [-0.05, 0) is 18.1 Å². The first-order valence-corrected chi connectivity index (χ1v) is 7.28. The second-order valence-corrected chi connectivity index (χ2v) is 6.12. The van der Waals surface area contributed by atoms with Gasteiger partial charge in [0.1, 0.15) is 12.1 Å². The van der Waals surface area contributed by atoms with E-state index in [4.69, 9.17) is 11.8 Å². The van der Waals surface area contributed by atoms with E-state index in [0.29, 0.717) is 11.1 Å². The van der Waals surface area contributed by atoms with Gasteiger partial charge in [-0.25, -0.2) is 0 Å². The summed E-state index contributed by atoms with van der Waals surface area (Å²) in [5, 5.41) is 0. The Balaban J connectivity index is 2.27. The average molecular weight is 282 g/mol. The summed E-state index contributed by atoms with van der Waals surface area (Å²) in [7, 11) is 9.93. The van der Waals surface area contributed by atoms with Gasteiger partial charge in [0, 0.05) is 0 Å². The van der Waals surface area contributed by atoms with E-state index in [-0.39, 0.29) is 0 Å². The number of ether oxygens (including phenoxy) is 1. The zero-order chi connectivity index (χ0) is 15.3. The van der Waals surface area contributed by atoms with Crippen LogP contribution in [0.15, 0.2) is 60.7 Å². The molecule has 0 unspecified atom stereocenters. The molecule has 0 heterocycles. The summed E-state index contributed by atoms with van der Waals surface area (Å²) in [6.45, 7) is 3.48. The molecule has 0 atom stereocenters. The monoisotopic (exact) mass is 282 g/mol. The highest BCUT2D eigenvalue weighted by atomic mass is 16.5. The highest BCUT2D eigenvalue weighted by molar-refractivity contribution is 5.35. The molecule has 21 heavy (non-hydrogen) atoms. The Morgan fingerprint density at radius 1 is 0.905 bits per heavy atom. The number of hydrogen-bond donors (Lipinski definition) is 0. The van der Waals surface area contributed by atoms with E-state index < -0.39 is 5.60 Å². The number of rotatable bonds is 6. The zero-order valence-corrected chi connectivity index (χ0v) is 13.1. The minimum atomic E-state index is -0.461. The quantitative estimate of drug-likeness (QED) is 0.734. The first-order chi connectivity index (χ1) is 9.92. The van der Waals surface area contributed by atoms with Crippen LogP contribution in [0, 0.1) is 7.05 Å². The van der Waals surface area contributed by atoms with Gasteiger partial charge in [-0.15, -0.1) is 0 Å². The van der Waals surface area contributed by atoms with Crippen molar-refractivity contribution in [3.8, 4) is 0 Å². The van der Waals surface area contributed by atoms with Crippen molar-refractivity contribution in [3.63, 3.8) is 0 Å². The predicted molar refractivity (Wildman–Crippen MR) is 86.6 cm³/mol. The van der Waals surface area contributed by atoms with Crippen LogP contribution in [0.2, 0.25) is 0 Å². The third-order valence-corrected chi connectivity index (χ3v) is 3.71. The fourth-order valence-corrected chi connectivity index (χ4v) is 2.33. The Hall–Kier alpha value is -1.64. The second kappa shape index (κ2) is 6.42. The van der Waals surface area contributed by atoms with Gasteiger partial charge in [0.15, 0.2) is 0 Å². The maximum absolute atomic E-state index is 6.28. The van der Waals surface area contributed by atoms with Crippen molar-refractivity contribution < 1.29 is 9.22 Å². The highest BCUT2D eigenvalue weighted by Gasteiger charge is 2.30. The first-order valence-electron chi connectivity index (χ1n) is 7.28. The summed E-state index contributed by atoms with van der Waals surface area (Å²) < 4.78 is 6.68. The number of nitrogens with zero attached hydrogens (tertiary/aromatic N) is 1. The van der Waals surface area contributed by atoms with Crippen molar-refractivity contribution in [2.24, 2.45) is 0 Å². The molecular formula is C19H24NO+. The van der Waals surface area contributed by atoms with E-state index in [0.717, 1.165) is 17.7 Å². The first kappa shape index (κ1) is 15.7. The molecule has 0 amide bonds. The van der Waals surface area contributed by atoms with E-state index in [1.807, 2.05) is 50.5 Å². The summed E-state index contributed by atoms with van der Waals surface area (Å²) in [4.78, 5) is 0. The lowest BCUT2D eigenvalue weighted by atomic mass is 9.88. The third-order valence-electron chi connectivity index (χ3n) is 3.71. The molecule has 0 aromatic heterocycles. The van der Waals surface area contributed by atoms with Crippen LogP contribution in [-0.2, 0) is 10.3 Å². The molecule has 110 valence electrons. The third kappa shape index (κ3) is 4.16. The van der Waals surface area contributed by atoms with Crippen molar-refractivity contribution in [1.82, 2.24) is 0 Å². The van der Waals surface area contributed by atoms with Crippen LogP contribution >= 0.6 is 0 Å². The van der Waals surface area contributed by atoms with Crippen LogP contribution in [0.1, 0.15) is 18.1 Å². The van der Waals surface area contributed by atoms with Crippen LogP contribution in [0.25, 0.3) is 0 Å². The number of likely N-dealkylation sites (N-methyl/N-ethyl adjacent to an activating group) is 1. The molecule has 2 aromatic carbocycles. The summed E-state index contributed by atoms with van der Waals surface area (Å²) in [6, 6.07) is 20.6. The van der Waals surface area contributed by atoms with Crippen molar-refractivity contribution in [1.29, 1.82) is 0 Å². The number of quaternary nitrogens is 1. The lowest BCUT2D eigenvalue weighted by Crippen LogP contribution is -2.38. The molecule has 0 aliphatic heterocycles. The fraction of sp³-hybridized carbons (Fsp3) is 0.316. The topological polar surface area (TPSA) is 9.23 Å². The molecule has 2 nitrogen and oxygen atoms in total. The van der Waals surface area contributed by atoms with E-state index in [9.17, 15) is 0 Å². The molecule has 0 spiro atoms. The minimum Gasteiger partial charge on any atom is -0.360 e. The Kier molecular flexibility index (Phi) is 4.81. The van der Waals surface area contributed by atoms with Crippen LogP contribution in [0.3, 0.4) is 0 Å². The average Bonchev–Trinajstić information content (AvgIpc) is 2.47. The standard InChI is InChI=1S/C19H24NO/c1-19(17-11-7-5-8-12-17,18-13-9-6-10-14-18)21-16-15-20(2,3)4/h2,5-14H,15-16H2,1,3-4H3/q+1. The molecule has 0 saturated heterocycles. The van der Waals surface area contributed by atoms with Crippen LogP contribution in [0.5, 0.6) is 0 Å². The molecule has 0 aliphatic rings. The Morgan fingerprint density at radius 2 is 1.33 bits per heavy atom. The van der Waals surface area contributed by atoms with Gasteiger partial charge in [0.2, 0.25) is 7.05 Å². The summed E-state index contributed by atoms with van der Waals surface area (Å²) in [5.74, 6) is 0. The summed E-state index contributed by atoms with van der Waals surface area (Å²) >= 11 is 0. The van der Waals surface area contributed by atoms with Crippen LogP contribution in [0.4, 0.5) is 0 Å². The van der Waals surface area contributed by atoms with Crippen molar-refractivity contribution in [2.75, 3.05) is 27.2 Å². The largest absolute Gasteiger partial charge is 0.360 e. The van der Waals surface area contributed by atoms with E-state index >= 15 is 0 Å². The smallest absolute Gasteiger partial charge is 0.206 e. The SMILES string of the molecule is [CH][N+](C)(C)CCOC(C)(c1ccccc1)c1ccccc1. The van der Waals surface area contributed by atoms with Gasteiger partial charge in [0.05, 0.1) is 20.7 Å². The van der Waals surface area contributed by atoms with Gasteiger partial charge in [-0.2, -0.15) is 0 Å². The van der Waals surface area contributed by atoms with Crippen LogP contribution < -0.4 is 0 Å². The van der Waals surface area contributed by atoms with Crippen molar-refractivity contribution >= 4 is 0 Å². The summed E-state index contributed by atoms with van der Waals surface area (Å²) in [5.41, 5.74) is 1.84.